The van der Waals surface area contributed by atoms with Gasteiger partial charge >= 0.3 is 5.97 Å². The molecule has 2 aromatic rings. The molecule has 8 nitrogen and oxygen atoms in total. The van der Waals surface area contributed by atoms with Crippen molar-refractivity contribution < 1.29 is 27.9 Å². The number of rotatable bonds is 3. The maximum atomic E-state index is 14.5. The lowest BCUT2D eigenvalue weighted by atomic mass is 10.1. The second-order valence-corrected chi connectivity index (χ2v) is 5.40. The third kappa shape index (κ3) is 2.51. The average Bonchev–Trinajstić information content (AvgIpc) is 2.87. The van der Waals surface area contributed by atoms with Gasteiger partial charge < -0.3 is 10.5 Å². The third-order valence-corrected chi connectivity index (χ3v) is 3.90. The number of amides is 2. The number of nitrogens with two attached hydrogens (primary N) is 1. The van der Waals surface area contributed by atoms with E-state index >= 15 is 0 Å². The lowest BCUT2D eigenvalue weighted by Crippen LogP contribution is -2.25. The van der Waals surface area contributed by atoms with Crippen LogP contribution < -0.4 is 16.6 Å². The molecule has 134 valence electrons. The first-order chi connectivity index (χ1) is 12.3. The molecule has 2 amide bonds. The Morgan fingerprint density at radius 2 is 1.88 bits per heavy atom. The molecule has 0 radical (unpaired) electrons. The first kappa shape index (κ1) is 17.3. The fraction of sp³-hybridized carbons (Fsp3) is 0.125. The summed E-state index contributed by atoms with van der Waals surface area (Å²) in [6.07, 6.45) is -0.509. The number of carbonyl (C=O) groups excluding carboxylic acids is 3. The standard InChI is InChI=1S/C16H11F2N3O5/c1-26-10(23)4-6-2-3-8(13(18)12(6)17)21-9(22)5-7-11(14(21)19)16(25)20-15(7)24/h2-3,5H,4,19H2,1H3,(H,20,24,25). The van der Waals surface area contributed by atoms with Gasteiger partial charge in [0.25, 0.3) is 17.4 Å². The highest BCUT2D eigenvalue weighted by molar-refractivity contribution is 6.23. The average molecular weight is 363 g/mol. The highest BCUT2D eigenvalue weighted by atomic mass is 19.2. The summed E-state index contributed by atoms with van der Waals surface area (Å²) >= 11 is 0. The number of nitrogen functional groups attached to an aromatic ring is 1. The zero-order valence-electron chi connectivity index (χ0n) is 13.3. The highest BCUT2D eigenvalue weighted by Gasteiger charge is 2.32. The Morgan fingerprint density at radius 3 is 2.54 bits per heavy atom. The predicted molar refractivity (Wildman–Crippen MR) is 83.9 cm³/mol. The van der Waals surface area contributed by atoms with E-state index in [-0.39, 0.29) is 16.7 Å². The molecule has 0 bridgehead atoms. The van der Waals surface area contributed by atoms with Crippen LogP contribution in [-0.2, 0) is 16.0 Å². The first-order valence-corrected chi connectivity index (χ1v) is 7.21. The molecule has 1 aromatic heterocycles. The number of aromatic nitrogens is 1. The fourth-order valence-corrected chi connectivity index (χ4v) is 2.64. The van der Waals surface area contributed by atoms with Crippen LogP contribution in [0.2, 0.25) is 0 Å². The first-order valence-electron chi connectivity index (χ1n) is 7.21. The van der Waals surface area contributed by atoms with Gasteiger partial charge in [-0.15, -0.1) is 0 Å². The Kier molecular flexibility index (Phi) is 4.03. The number of benzene rings is 1. The zero-order chi connectivity index (χ0) is 19.2. The summed E-state index contributed by atoms with van der Waals surface area (Å²) in [5.74, 6) is -5.74. The van der Waals surface area contributed by atoms with Crippen LogP contribution in [-0.4, -0.2) is 29.5 Å². The number of nitrogens with zero attached hydrogens (tertiary/aromatic N) is 1. The number of hydrogen-bond acceptors (Lipinski definition) is 6. The molecule has 1 aromatic carbocycles. The largest absolute Gasteiger partial charge is 0.469 e. The zero-order valence-corrected chi connectivity index (χ0v) is 13.3. The molecular formula is C16H11F2N3O5. The Morgan fingerprint density at radius 1 is 1.19 bits per heavy atom. The summed E-state index contributed by atoms with van der Waals surface area (Å²) in [5.41, 5.74) is 3.46. The summed E-state index contributed by atoms with van der Waals surface area (Å²) in [7, 11) is 1.10. The number of pyridine rings is 1. The number of methoxy groups -OCH3 is 1. The summed E-state index contributed by atoms with van der Waals surface area (Å²) in [6, 6.07) is 2.94. The van der Waals surface area contributed by atoms with Crippen LogP contribution in [0.15, 0.2) is 23.0 Å². The van der Waals surface area contributed by atoms with Crippen LogP contribution in [0.1, 0.15) is 26.3 Å². The SMILES string of the molecule is COC(=O)Cc1ccc(-n2c(N)c3c(cc2=O)C(=O)NC3=O)c(F)c1F. The van der Waals surface area contributed by atoms with Gasteiger partial charge in [-0.1, -0.05) is 6.07 Å². The molecule has 0 aliphatic carbocycles. The summed E-state index contributed by atoms with van der Waals surface area (Å²) in [5, 5.41) is 1.96. The van der Waals surface area contributed by atoms with E-state index < -0.39 is 52.9 Å². The molecule has 10 heteroatoms. The van der Waals surface area contributed by atoms with Crippen molar-refractivity contribution in [1.82, 2.24) is 9.88 Å². The van der Waals surface area contributed by atoms with Crippen LogP contribution in [0.3, 0.4) is 0 Å². The second kappa shape index (κ2) is 6.06. The van der Waals surface area contributed by atoms with Crippen LogP contribution >= 0.6 is 0 Å². The van der Waals surface area contributed by atoms with Crippen molar-refractivity contribution in [3.8, 4) is 5.69 Å². The normalized spacial score (nSPS) is 12.7. The summed E-state index contributed by atoms with van der Waals surface area (Å²) in [4.78, 5) is 46.9. The van der Waals surface area contributed by atoms with E-state index in [1.807, 2.05) is 5.32 Å². The number of hydrogen-bond donors (Lipinski definition) is 2. The van der Waals surface area contributed by atoms with Crippen molar-refractivity contribution in [2.75, 3.05) is 12.8 Å². The Balaban J connectivity index is 2.20. The van der Waals surface area contributed by atoms with Gasteiger partial charge in [-0.3, -0.25) is 29.1 Å². The predicted octanol–water partition coefficient (Wildman–Crippen LogP) is 0.297. The number of fused-ring (bicyclic) bond motifs is 1. The summed E-state index contributed by atoms with van der Waals surface area (Å²) in [6.45, 7) is 0. The second-order valence-electron chi connectivity index (χ2n) is 5.40. The van der Waals surface area contributed by atoms with Crippen molar-refractivity contribution in [1.29, 1.82) is 0 Å². The Hall–Kier alpha value is -3.56. The van der Waals surface area contributed by atoms with Gasteiger partial charge in [0.1, 0.15) is 5.82 Å². The lowest BCUT2D eigenvalue weighted by Gasteiger charge is -2.14. The van der Waals surface area contributed by atoms with Gasteiger partial charge in [0.15, 0.2) is 11.6 Å². The lowest BCUT2D eigenvalue weighted by molar-refractivity contribution is -0.139. The van der Waals surface area contributed by atoms with E-state index in [0.717, 1.165) is 25.3 Å². The van der Waals surface area contributed by atoms with E-state index in [4.69, 9.17) is 5.73 Å². The van der Waals surface area contributed by atoms with Crippen molar-refractivity contribution in [2.45, 2.75) is 6.42 Å². The molecule has 1 aliphatic heterocycles. The number of anilines is 1. The number of halogens is 2. The molecule has 1 aliphatic rings. The quantitative estimate of drug-likeness (QED) is 0.598. The topological polar surface area (TPSA) is 120 Å². The van der Waals surface area contributed by atoms with Crippen LogP contribution in [0, 0.1) is 11.6 Å². The summed E-state index contributed by atoms with van der Waals surface area (Å²) < 4.78 is 33.7. The van der Waals surface area contributed by atoms with Crippen molar-refractivity contribution in [2.24, 2.45) is 0 Å². The van der Waals surface area contributed by atoms with Crippen molar-refractivity contribution in [3.05, 3.63) is 56.9 Å². The number of ether oxygens (including phenoxy) is 1. The fourth-order valence-electron chi connectivity index (χ4n) is 2.64. The molecule has 3 N–H and O–H groups in total. The smallest absolute Gasteiger partial charge is 0.310 e. The van der Waals surface area contributed by atoms with Gasteiger partial charge in [-0.2, -0.15) is 0 Å². The van der Waals surface area contributed by atoms with Gasteiger partial charge in [0.05, 0.1) is 30.3 Å². The van der Waals surface area contributed by atoms with Crippen molar-refractivity contribution >= 4 is 23.6 Å². The van der Waals surface area contributed by atoms with Crippen LogP contribution in [0.25, 0.3) is 5.69 Å². The maximum absolute atomic E-state index is 14.5. The molecule has 3 rings (SSSR count). The van der Waals surface area contributed by atoms with Crippen LogP contribution in [0.5, 0.6) is 0 Å². The van der Waals surface area contributed by atoms with Gasteiger partial charge in [0, 0.05) is 11.6 Å². The van der Waals surface area contributed by atoms with Crippen LogP contribution in [0.4, 0.5) is 14.6 Å². The van der Waals surface area contributed by atoms with Gasteiger partial charge in [-0.25, -0.2) is 8.78 Å². The molecule has 0 unspecified atom stereocenters. The van der Waals surface area contributed by atoms with E-state index in [1.165, 1.54) is 0 Å². The number of carbonyl (C=O) groups is 3. The van der Waals surface area contributed by atoms with Crippen molar-refractivity contribution in [3.63, 3.8) is 0 Å². The molecule has 26 heavy (non-hydrogen) atoms. The van der Waals surface area contributed by atoms with Gasteiger partial charge in [0.2, 0.25) is 0 Å². The molecule has 0 fully saturated rings. The van der Waals surface area contributed by atoms with E-state index in [1.54, 1.807) is 0 Å². The number of imide groups is 1. The molecule has 0 spiro atoms. The number of esters is 1. The molecular weight excluding hydrogens is 352 g/mol. The monoisotopic (exact) mass is 363 g/mol. The Labute approximate surface area is 144 Å². The maximum Gasteiger partial charge on any atom is 0.310 e. The Bertz CT molecular complexity index is 1050. The molecule has 2 heterocycles. The minimum atomic E-state index is -1.44. The highest BCUT2D eigenvalue weighted by Crippen LogP contribution is 2.26. The number of nitrogens with one attached hydrogen (secondary N) is 1. The molecule has 0 saturated heterocycles. The van der Waals surface area contributed by atoms with E-state index in [2.05, 4.69) is 4.74 Å². The third-order valence-electron chi connectivity index (χ3n) is 3.90. The van der Waals surface area contributed by atoms with E-state index in [0.29, 0.717) is 4.57 Å². The van der Waals surface area contributed by atoms with Gasteiger partial charge in [-0.05, 0) is 6.07 Å². The molecule has 0 atom stereocenters. The van der Waals surface area contributed by atoms with E-state index in [9.17, 15) is 28.0 Å². The molecule has 0 saturated carbocycles. The minimum Gasteiger partial charge on any atom is -0.469 e. The minimum absolute atomic E-state index is 0.239.